The number of halogens is 2. The molecule has 1 N–H and O–H groups in total. The van der Waals surface area contributed by atoms with E-state index in [9.17, 15) is 23.2 Å². The Balaban J connectivity index is 2.02. The Morgan fingerprint density at radius 2 is 1.88 bits per heavy atom. The SMILES string of the molecule is CC(C(=O)Nc1ccc(F)cc1F)n1cnc2c1c(=O)n(C)c(=O)n2C. The van der Waals surface area contributed by atoms with Gasteiger partial charge in [0.15, 0.2) is 11.2 Å². The van der Waals surface area contributed by atoms with Crippen molar-refractivity contribution < 1.29 is 13.6 Å². The number of hydrogen-bond acceptors (Lipinski definition) is 4. The fourth-order valence-corrected chi connectivity index (χ4v) is 2.61. The molecule has 1 amide bonds. The summed E-state index contributed by atoms with van der Waals surface area (Å²) in [6.07, 6.45) is 1.26. The van der Waals surface area contributed by atoms with E-state index < -0.39 is 34.8 Å². The number of aryl methyl sites for hydroxylation is 1. The van der Waals surface area contributed by atoms with Crippen molar-refractivity contribution >= 4 is 22.8 Å². The molecule has 3 aromatic rings. The molecular weight excluding hydrogens is 348 g/mol. The highest BCUT2D eigenvalue weighted by atomic mass is 19.1. The largest absolute Gasteiger partial charge is 0.332 e. The average Bonchev–Trinajstić information content (AvgIpc) is 3.04. The Bertz CT molecular complexity index is 1150. The maximum Gasteiger partial charge on any atom is 0.332 e. The number of hydrogen-bond donors (Lipinski definition) is 1. The number of rotatable bonds is 3. The maximum absolute atomic E-state index is 13.7. The van der Waals surface area contributed by atoms with Gasteiger partial charge in [-0.3, -0.25) is 18.7 Å². The van der Waals surface area contributed by atoms with E-state index in [2.05, 4.69) is 10.3 Å². The summed E-state index contributed by atoms with van der Waals surface area (Å²) in [6.45, 7) is 1.49. The van der Waals surface area contributed by atoms with Crippen molar-refractivity contribution in [2.24, 2.45) is 14.1 Å². The minimum Gasteiger partial charge on any atom is -0.322 e. The summed E-state index contributed by atoms with van der Waals surface area (Å²) in [5.41, 5.74) is -1.14. The molecule has 8 nitrogen and oxygen atoms in total. The lowest BCUT2D eigenvalue weighted by molar-refractivity contribution is -0.118. The van der Waals surface area contributed by atoms with Crippen LogP contribution in [0.1, 0.15) is 13.0 Å². The Morgan fingerprint density at radius 1 is 1.19 bits per heavy atom. The zero-order chi connectivity index (χ0) is 19.2. The second-order valence-electron chi connectivity index (χ2n) is 5.82. The van der Waals surface area contributed by atoms with E-state index in [-0.39, 0.29) is 16.9 Å². The summed E-state index contributed by atoms with van der Waals surface area (Å²) >= 11 is 0. The average molecular weight is 363 g/mol. The van der Waals surface area contributed by atoms with Gasteiger partial charge in [-0.1, -0.05) is 0 Å². The lowest BCUT2D eigenvalue weighted by atomic mass is 10.2. The third-order valence-corrected chi connectivity index (χ3v) is 4.16. The van der Waals surface area contributed by atoms with E-state index in [1.54, 1.807) is 0 Å². The molecule has 0 aliphatic rings. The highest BCUT2D eigenvalue weighted by molar-refractivity contribution is 5.94. The summed E-state index contributed by atoms with van der Waals surface area (Å²) in [7, 11) is 2.78. The molecule has 2 aromatic heterocycles. The first kappa shape index (κ1) is 17.5. The van der Waals surface area contributed by atoms with E-state index in [0.29, 0.717) is 6.07 Å². The molecule has 0 fully saturated rings. The smallest absolute Gasteiger partial charge is 0.322 e. The maximum atomic E-state index is 13.7. The van der Waals surface area contributed by atoms with Crippen LogP contribution in [0.4, 0.5) is 14.5 Å². The van der Waals surface area contributed by atoms with Gasteiger partial charge in [0.1, 0.15) is 17.7 Å². The molecule has 0 saturated carbocycles. The van der Waals surface area contributed by atoms with Crippen LogP contribution in [-0.2, 0) is 18.9 Å². The number of imidazole rings is 1. The third kappa shape index (κ3) is 2.68. The fraction of sp³-hybridized carbons (Fsp3) is 0.250. The minimum absolute atomic E-state index is 0.0665. The number of carbonyl (C=O) groups excluding carboxylic acids is 1. The number of nitrogens with one attached hydrogen (secondary N) is 1. The predicted molar refractivity (Wildman–Crippen MR) is 89.9 cm³/mol. The Hall–Kier alpha value is -3.30. The zero-order valence-corrected chi connectivity index (χ0v) is 14.2. The van der Waals surface area contributed by atoms with Crippen LogP contribution in [-0.4, -0.2) is 24.6 Å². The summed E-state index contributed by atoms with van der Waals surface area (Å²) in [5.74, 6) is -2.32. The van der Waals surface area contributed by atoms with Crippen LogP contribution < -0.4 is 16.6 Å². The summed E-state index contributed by atoms with van der Waals surface area (Å²) in [5, 5.41) is 2.34. The highest BCUT2D eigenvalue weighted by Gasteiger charge is 2.22. The van der Waals surface area contributed by atoms with E-state index in [1.165, 1.54) is 36.5 Å². The first-order valence-corrected chi connectivity index (χ1v) is 7.61. The molecule has 0 aliphatic carbocycles. The first-order valence-electron chi connectivity index (χ1n) is 7.61. The van der Waals surface area contributed by atoms with Gasteiger partial charge in [0.05, 0.1) is 12.0 Å². The van der Waals surface area contributed by atoms with Gasteiger partial charge in [0.25, 0.3) is 5.56 Å². The van der Waals surface area contributed by atoms with E-state index >= 15 is 0 Å². The molecule has 0 bridgehead atoms. The Kier molecular flexibility index (Phi) is 4.18. The van der Waals surface area contributed by atoms with Crippen LogP contribution in [0.15, 0.2) is 34.1 Å². The van der Waals surface area contributed by atoms with Crippen LogP contribution in [0.25, 0.3) is 11.2 Å². The number of aromatic nitrogens is 4. The van der Waals surface area contributed by atoms with Crippen LogP contribution in [0.3, 0.4) is 0 Å². The minimum atomic E-state index is -0.936. The molecule has 26 heavy (non-hydrogen) atoms. The molecule has 0 radical (unpaired) electrons. The predicted octanol–water partition coefficient (Wildman–Crippen LogP) is 0.912. The van der Waals surface area contributed by atoms with Crippen molar-refractivity contribution in [3.8, 4) is 0 Å². The van der Waals surface area contributed by atoms with Gasteiger partial charge in [-0.2, -0.15) is 0 Å². The number of nitrogens with zero attached hydrogens (tertiary/aromatic N) is 4. The zero-order valence-electron chi connectivity index (χ0n) is 14.2. The van der Waals surface area contributed by atoms with Crippen molar-refractivity contribution in [3.63, 3.8) is 0 Å². The second kappa shape index (κ2) is 6.21. The van der Waals surface area contributed by atoms with Gasteiger partial charge in [0, 0.05) is 20.2 Å². The van der Waals surface area contributed by atoms with Gasteiger partial charge in [-0.15, -0.1) is 0 Å². The Labute approximate surface area is 145 Å². The monoisotopic (exact) mass is 363 g/mol. The molecule has 10 heteroatoms. The molecule has 0 spiro atoms. The lowest BCUT2D eigenvalue weighted by Crippen LogP contribution is -2.38. The van der Waals surface area contributed by atoms with Crippen LogP contribution in [0.5, 0.6) is 0 Å². The quantitative estimate of drug-likeness (QED) is 0.749. The highest BCUT2D eigenvalue weighted by Crippen LogP contribution is 2.19. The molecule has 2 heterocycles. The standard InChI is InChI=1S/C16H15F2N5O3/c1-8(14(24)20-11-5-4-9(17)6-10(11)18)23-7-19-13-12(23)15(25)22(3)16(26)21(13)2/h4-8H,1-3H3,(H,20,24). The number of anilines is 1. The van der Waals surface area contributed by atoms with Crippen molar-refractivity contribution in [2.45, 2.75) is 13.0 Å². The van der Waals surface area contributed by atoms with Gasteiger partial charge < -0.3 is 9.88 Å². The van der Waals surface area contributed by atoms with Gasteiger partial charge in [0.2, 0.25) is 5.91 Å². The third-order valence-electron chi connectivity index (χ3n) is 4.16. The number of benzene rings is 1. The molecule has 136 valence electrons. The number of carbonyl (C=O) groups is 1. The van der Waals surface area contributed by atoms with Gasteiger partial charge in [-0.05, 0) is 19.1 Å². The van der Waals surface area contributed by atoms with Gasteiger partial charge in [-0.25, -0.2) is 18.6 Å². The summed E-state index contributed by atoms with van der Waals surface area (Å²) in [4.78, 5) is 40.8. The Morgan fingerprint density at radius 3 is 2.54 bits per heavy atom. The second-order valence-corrected chi connectivity index (χ2v) is 5.82. The molecule has 1 aromatic carbocycles. The first-order chi connectivity index (χ1) is 12.2. The summed E-state index contributed by atoms with van der Waals surface area (Å²) in [6, 6.07) is 1.83. The lowest BCUT2D eigenvalue weighted by Gasteiger charge is -2.15. The molecule has 1 unspecified atom stereocenters. The van der Waals surface area contributed by atoms with Gasteiger partial charge >= 0.3 is 5.69 Å². The van der Waals surface area contributed by atoms with Crippen LogP contribution >= 0.6 is 0 Å². The van der Waals surface area contributed by atoms with E-state index in [0.717, 1.165) is 16.7 Å². The van der Waals surface area contributed by atoms with Crippen molar-refractivity contribution in [3.05, 3.63) is 57.0 Å². The topological polar surface area (TPSA) is 90.9 Å². The molecular formula is C16H15F2N5O3. The van der Waals surface area contributed by atoms with E-state index in [4.69, 9.17) is 0 Å². The van der Waals surface area contributed by atoms with E-state index in [1.807, 2.05) is 0 Å². The van der Waals surface area contributed by atoms with Crippen LogP contribution in [0, 0.1) is 11.6 Å². The fourth-order valence-electron chi connectivity index (χ4n) is 2.61. The molecule has 0 saturated heterocycles. The molecule has 1 atom stereocenters. The number of fused-ring (bicyclic) bond motifs is 1. The van der Waals surface area contributed by atoms with Crippen LogP contribution in [0.2, 0.25) is 0 Å². The molecule has 3 rings (SSSR count). The van der Waals surface area contributed by atoms with Crippen molar-refractivity contribution in [1.29, 1.82) is 0 Å². The van der Waals surface area contributed by atoms with Crippen molar-refractivity contribution in [2.75, 3.05) is 5.32 Å². The summed E-state index contributed by atoms with van der Waals surface area (Å²) < 4.78 is 30.1. The molecule has 0 aliphatic heterocycles. The van der Waals surface area contributed by atoms with Crippen molar-refractivity contribution in [1.82, 2.24) is 18.7 Å². The number of amides is 1. The normalized spacial score (nSPS) is 12.3.